The molecule has 104 valence electrons. The van der Waals surface area contributed by atoms with E-state index in [4.69, 9.17) is 4.74 Å². The SMILES string of the molecule is CC1C(C(=O)OCc2ccccc2)N(C)C(C)N1C. The first kappa shape index (κ1) is 14.0. The predicted octanol–water partition coefficient (Wildman–Crippen LogP) is 1.71. The first-order chi connectivity index (χ1) is 9.02. The highest BCUT2D eigenvalue weighted by Crippen LogP contribution is 2.24. The van der Waals surface area contributed by atoms with Crippen molar-refractivity contribution >= 4 is 5.97 Å². The second kappa shape index (κ2) is 5.72. The average molecular weight is 262 g/mol. The molecule has 1 aliphatic heterocycles. The molecule has 0 saturated carbocycles. The lowest BCUT2D eigenvalue weighted by molar-refractivity contribution is -0.150. The van der Waals surface area contributed by atoms with E-state index < -0.39 is 0 Å². The highest BCUT2D eigenvalue weighted by molar-refractivity contribution is 5.77. The maximum absolute atomic E-state index is 12.2. The summed E-state index contributed by atoms with van der Waals surface area (Å²) in [4.78, 5) is 16.5. The van der Waals surface area contributed by atoms with E-state index in [2.05, 4.69) is 23.6 Å². The van der Waals surface area contributed by atoms with Crippen LogP contribution in [0.4, 0.5) is 0 Å². The third kappa shape index (κ3) is 2.80. The summed E-state index contributed by atoms with van der Waals surface area (Å²) in [6.45, 7) is 4.50. The number of nitrogens with zero attached hydrogens (tertiary/aromatic N) is 2. The van der Waals surface area contributed by atoms with Gasteiger partial charge in [0.05, 0.1) is 6.17 Å². The number of rotatable bonds is 3. The van der Waals surface area contributed by atoms with Crippen LogP contribution < -0.4 is 0 Å². The van der Waals surface area contributed by atoms with Crippen LogP contribution in [0.2, 0.25) is 0 Å². The normalized spacial score (nSPS) is 28.5. The smallest absolute Gasteiger partial charge is 0.325 e. The molecule has 1 fully saturated rings. The van der Waals surface area contributed by atoms with Gasteiger partial charge < -0.3 is 4.74 Å². The third-order valence-electron chi connectivity index (χ3n) is 4.18. The maximum atomic E-state index is 12.2. The lowest BCUT2D eigenvalue weighted by Gasteiger charge is -2.22. The molecule has 4 heteroatoms. The summed E-state index contributed by atoms with van der Waals surface area (Å²) < 4.78 is 5.44. The number of hydrogen-bond donors (Lipinski definition) is 0. The monoisotopic (exact) mass is 262 g/mol. The molecule has 2 rings (SSSR count). The molecular weight excluding hydrogens is 240 g/mol. The van der Waals surface area contributed by atoms with Gasteiger partial charge >= 0.3 is 5.97 Å². The van der Waals surface area contributed by atoms with E-state index in [9.17, 15) is 4.79 Å². The molecule has 0 aromatic heterocycles. The fraction of sp³-hybridized carbons (Fsp3) is 0.533. The molecule has 1 aromatic rings. The van der Waals surface area contributed by atoms with Crippen molar-refractivity contribution in [3.05, 3.63) is 35.9 Å². The third-order valence-corrected chi connectivity index (χ3v) is 4.18. The molecule has 0 amide bonds. The van der Waals surface area contributed by atoms with Crippen molar-refractivity contribution in [1.29, 1.82) is 0 Å². The summed E-state index contributed by atoms with van der Waals surface area (Å²) in [6, 6.07) is 9.75. The summed E-state index contributed by atoms with van der Waals surface area (Å²) in [5.41, 5.74) is 1.02. The minimum atomic E-state index is -0.191. The van der Waals surface area contributed by atoms with Crippen molar-refractivity contribution in [2.45, 2.75) is 38.7 Å². The van der Waals surface area contributed by atoms with Crippen molar-refractivity contribution in [1.82, 2.24) is 9.80 Å². The molecule has 1 aromatic carbocycles. The van der Waals surface area contributed by atoms with Gasteiger partial charge in [0.15, 0.2) is 0 Å². The van der Waals surface area contributed by atoms with Gasteiger partial charge in [-0.2, -0.15) is 0 Å². The standard InChI is InChI=1S/C15H22N2O2/c1-11-14(17(4)12(2)16(11)3)15(18)19-10-13-8-6-5-7-9-13/h5-9,11-12,14H,10H2,1-4H3. The zero-order valence-electron chi connectivity index (χ0n) is 12.0. The zero-order valence-corrected chi connectivity index (χ0v) is 12.0. The Balaban J connectivity index is 1.97. The van der Waals surface area contributed by atoms with E-state index in [0.29, 0.717) is 6.61 Å². The fourth-order valence-electron chi connectivity index (χ4n) is 2.60. The number of benzene rings is 1. The van der Waals surface area contributed by atoms with Gasteiger partial charge in [-0.25, -0.2) is 0 Å². The van der Waals surface area contributed by atoms with Crippen LogP contribution >= 0.6 is 0 Å². The van der Waals surface area contributed by atoms with E-state index in [1.165, 1.54) is 0 Å². The Morgan fingerprint density at radius 3 is 2.32 bits per heavy atom. The minimum absolute atomic E-state index is 0.143. The van der Waals surface area contributed by atoms with E-state index in [1.807, 2.05) is 44.4 Å². The van der Waals surface area contributed by atoms with Crippen LogP contribution in [0.25, 0.3) is 0 Å². The van der Waals surface area contributed by atoms with Crippen molar-refractivity contribution < 1.29 is 9.53 Å². The fourth-order valence-corrected chi connectivity index (χ4v) is 2.60. The van der Waals surface area contributed by atoms with Gasteiger partial charge in [0.2, 0.25) is 0 Å². The number of ether oxygens (including phenoxy) is 1. The van der Waals surface area contributed by atoms with E-state index in [1.54, 1.807) is 0 Å². The average Bonchev–Trinajstić information content (AvgIpc) is 2.62. The van der Waals surface area contributed by atoms with Crippen LogP contribution in [0.5, 0.6) is 0 Å². The number of carbonyl (C=O) groups is 1. The Labute approximate surface area is 115 Å². The van der Waals surface area contributed by atoms with Gasteiger partial charge in [-0.15, -0.1) is 0 Å². The Kier molecular flexibility index (Phi) is 4.22. The number of carbonyl (C=O) groups excluding carboxylic acids is 1. The molecule has 1 heterocycles. The van der Waals surface area contributed by atoms with Crippen molar-refractivity contribution in [3.63, 3.8) is 0 Å². The summed E-state index contributed by atoms with van der Waals surface area (Å²) in [7, 11) is 4.01. The molecule has 3 atom stereocenters. The highest BCUT2D eigenvalue weighted by atomic mass is 16.5. The molecule has 0 spiro atoms. The van der Waals surface area contributed by atoms with Crippen LogP contribution in [-0.4, -0.2) is 48.1 Å². The maximum Gasteiger partial charge on any atom is 0.325 e. The molecule has 1 aliphatic rings. The van der Waals surface area contributed by atoms with Crippen molar-refractivity contribution in [2.75, 3.05) is 14.1 Å². The molecule has 0 aliphatic carbocycles. The van der Waals surface area contributed by atoms with Gasteiger partial charge in [0.25, 0.3) is 0 Å². The van der Waals surface area contributed by atoms with E-state index in [-0.39, 0.29) is 24.2 Å². The number of hydrogen-bond acceptors (Lipinski definition) is 4. The zero-order chi connectivity index (χ0) is 14.0. The Morgan fingerprint density at radius 2 is 1.79 bits per heavy atom. The lowest BCUT2D eigenvalue weighted by atomic mass is 10.1. The Hall–Kier alpha value is -1.39. The second-order valence-corrected chi connectivity index (χ2v) is 5.24. The largest absolute Gasteiger partial charge is 0.460 e. The first-order valence-electron chi connectivity index (χ1n) is 6.67. The van der Waals surface area contributed by atoms with Gasteiger partial charge in [-0.1, -0.05) is 30.3 Å². The molecule has 19 heavy (non-hydrogen) atoms. The van der Waals surface area contributed by atoms with Gasteiger partial charge in [-0.3, -0.25) is 14.6 Å². The van der Waals surface area contributed by atoms with E-state index in [0.717, 1.165) is 5.56 Å². The number of likely N-dealkylation sites (N-methyl/N-ethyl adjacent to an activating group) is 2. The van der Waals surface area contributed by atoms with Gasteiger partial charge in [0, 0.05) is 6.04 Å². The first-order valence-corrected chi connectivity index (χ1v) is 6.67. The molecular formula is C15H22N2O2. The van der Waals surface area contributed by atoms with Crippen molar-refractivity contribution in [2.24, 2.45) is 0 Å². The molecule has 3 unspecified atom stereocenters. The Morgan fingerprint density at radius 1 is 1.16 bits per heavy atom. The summed E-state index contributed by atoms with van der Waals surface area (Å²) in [5, 5.41) is 0. The van der Waals surface area contributed by atoms with Crippen LogP contribution in [0.3, 0.4) is 0 Å². The minimum Gasteiger partial charge on any atom is -0.460 e. The van der Waals surface area contributed by atoms with Crippen molar-refractivity contribution in [3.8, 4) is 0 Å². The molecule has 0 N–H and O–H groups in total. The van der Waals surface area contributed by atoms with Gasteiger partial charge in [-0.05, 0) is 33.5 Å². The van der Waals surface area contributed by atoms with Crippen LogP contribution in [0.1, 0.15) is 19.4 Å². The Bertz CT molecular complexity index is 421. The van der Waals surface area contributed by atoms with Crippen LogP contribution in [0, 0.1) is 0 Å². The molecule has 0 bridgehead atoms. The summed E-state index contributed by atoms with van der Waals surface area (Å²) in [5.74, 6) is -0.143. The lowest BCUT2D eigenvalue weighted by Crippen LogP contribution is -2.41. The topological polar surface area (TPSA) is 32.8 Å². The predicted molar refractivity (Wildman–Crippen MR) is 74.5 cm³/mol. The van der Waals surface area contributed by atoms with Gasteiger partial charge in [0.1, 0.15) is 12.6 Å². The summed E-state index contributed by atoms with van der Waals surface area (Å²) >= 11 is 0. The number of esters is 1. The molecule has 1 saturated heterocycles. The quantitative estimate of drug-likeness (QED) is 0.776. The molecule has 0 radical (unpaired) electrons. The highest BCUT2D eigenvalue weighted by Gasteiger charge is 2.43. The second-order valence-electron chi connectivity index (χ2n) is 5.24. The summed E-state index contributed by atoms with van der Waals surface area (Å²) in [6.07, 6.45) is 0.254. The van der Waals surface area contributed by atoms with Crippen LogP contribution in [0.15, 0.2) is 30.3 Å². The van der Waals surface area contributed by atoms with E-state index >= 15 is 0 Å². The van der Waals surface area contributed by atoms with Crippen LogP contribution in [-0.2, 0) is 16.1 Å². The molecule has 4 nitrogen and oxygen atoms in total.